The van der Waals surface area contributed by atoms with Gasteiger partial charge in [-0.2, -0.15) is 4.39 Å². The second-order valence-electron chi connectivity index (χ2n) is 1.45. The molecule has 0 nitrogen and oxygen atoms in total. The molecule has 9 heavy (non-hydrogen) atoms. The van der Waals surface area contributed by atoms with Gasteiger partial charge in [0.15, 0.2) is 8.06 Å². The van der Waals surface area contributed by atoms with Crippen LogP contribution in [0.15, 0.2) is 26.0 Å². The van der Waals surface area contributed by atoms with Crippen LogP contribution >= 0.6 is 38.5 Å². The number of allylic oxidation sites excluding steroid dienone is 6. The summed E-state index contributed by atoms with van der Waals surface area (Å²) in [6, 6.07) is 0. The molecular formula is C6H2BrFI+. The topological polar surface area (TPSA) is 0 Å². The summed E-state index contributed by atoms with van der Waals surface area (Å²) < 4.78 is 13.8. The lowest BCUT2D eigenvalue weighted by Gasteiger charge is -1.88. The van der Waals surface area contributed by atoms with Gasteiger partial charge in [-0.05, 0) is 15.9 Å². The van der Waals surface area contributed by atoms with Gasteiger partial charge in [-0.15, -0.1) is 0 Å². The van der Waals surface area contributed by atoms with Crippen molar-refractivity contribution in [3.05, 3.63) is 32.1 Å². The average Bonchev–Trinajstić information content (AvgIpc) is 1.83. The standard InChI is InChI=1S/C6H2BrFI/c7-4-2-1-3-5(8)6(4)9/h1,3H/q+1. The van der Waals surface area contributed by atoms with E-state index in [1.807, 2.05) is 22.6 Å². The smallest absolute Gasteiger partial charge is 0.174 e. The molecule has 3 heteroatoms. The molecule has 1 rings (SSSR count). The molecule has 1 aliphatic carbocycles. The van der Waals surface area contributed by atoms with E-state index < -0.39 is 0 Å². The Morgan fingerprint density at radius 2 is 2.33 bits per heavy atom. The second-order valence-corrected chi connectivity index (χ2v) is 3.33. The number of halogens is 3. The van der Waals surface area contributed by atoms with Crippen molar-refractivity contribution in [2.45, 2.75) is 0 Å². The number of hydrogen-bond donors (Lipinski definition) is 0. The van der Waals surface area contributed by atoms with Crippen molar-refractivity contribution < 1.29 is 4.39 Å². The van der Waals surface area contributed by atoms with Gasteiger partial charge in [-0.3, -0.25) is 0 Å². The highest BCUT2D eigenvalue weighted by Crippen LogP contribution is 2.30. The van der Waals surface area contributed by atoms with E-state index in [4.69, 9.17) is 0 Å². The lowest BCUT2D eigenvalue weighted by Crippen LogP contribution is -1.80. The SMILES string of the molecule is FC1=C(I)C(Br)=[C+]C=C1. The van der Waals surface area contributed by atoms with Crippen molar-refractivity contribution in [1.82, 2.24) is 0 Å². The Balaban J connectivity index is 3.06. The Kier molecular flexibility index (Phi) is 2.38. The minimum atomic E-state index is -0.207. The zero-order chi connectivity index (χ0) is 6.85. The molecule has 0 heterocycles. The summed E-state index contributed by atoms with van der Waals surface area (Å²) in [5.41, 5.74) is 0. The van der Waals surface area contributed by atoms with E-state index >= 15 is 0 Å². The van der Waals surface area contributed by atoms with Crippen molar-refractivity contribution in [1.29, 1.82) is 0 Å². The second kappa shape index (κ2) is 2.90. The van der Waals surface area contributed by atoms with Gasteiger partial charge in [0.1, 0.15) is 6.08 Å². The average molecular weight is 300 g/mol. The van der Waals surface area contributed by atoms with Gasteiger partial charge in [-0.25, -0.2) is 0 Å². The summed E-state index contributed by atoms with van der Waals surface area (Å²) in [5.74, 6) is -0.207. The van der Waals surface area contributed by atoms with Crippen LogP contribution in [0.2, 0.25) is 0 Å². The van der Waals surface area contributed by atoms with E-state index in [9.17, 15) is 4.39 Å². The van der Waals surface area contributed by atoms with Gasteiger partial charge in [0.05, 0.1) is 34.7 Å². The third kappa shape index (κ3) is 1.60. The maximum absolute atomic E-state index is 12.5. The molecule has 0 spiro atoms. The van der Waals surface area contributed by atoms with E-state index in [0.29, 0.717) is 8.06 Å². The molecule has 0 aromatic carbocycles. The van der Waals surface area contributed by atoms with Crippen molar-refractivity contribution in [2.24, 2.45) is 0 Å². The first-order valence-electron chi connectivity index (χ1n) is 2.23. The summed E-state index contributed by atoms with van der Waals surface area (Å²) in [5, 5.41) is 0. The molecule has 0 aromatic heterocycles. The van der Waals surface area contributed by atoms with Crippen LogP contribution < -0.4 is 0 Å². The fourth-order valence-electron chi connectivity index (χ4n) is 0.429. The molecule has 0 radical (unpaired) electrons. The van der Waals surface area contributed by atoms with Crippen molar-refractivity contribution in [3.63, 3.8) is 0 Å². The third-order valence-corrected chi connectivity index (χ3v) is 3.26. The number of rotatable bonds is 0. The predicted octanol–water partition coefficient (Wildman–Crippen LogP) is 3.25. The van der Waals surface area contributed by atoms with Crippen LogP contribution in [0.4, 0.5) is 4.39 Å². The normalized spacial score (nSPS) is 17.4. The lowest BCUT2D eigenvalue weighted by atomic mass is 10.3. The minimum Gasteiger partial charge on any atom is -0.174 e. The first-order chi connectivity index (χ1) is 4.22. The summed E-state index contributed by atoms with van der Waals surface area (Å²) >= 11 is 5.06. The highest BCUT2D eigenvalue weighted by molar-refractivity contribution is 14.1. The van der Waals surface area contributed by atoms with Crippen LogP contribution in [0, 0.1) is 6.08 Å². The van der Waals surface area contributed by atoms with Gasteiger partial charge >= 0.3 is 0 Å². The highest BCUT2D eigenvalue weighted by Gasteiger charge is 2.17. The van der Waals surface area contributed by atoms with Gasteiger partial charge < -0.3 is 0 Å². The van der Waals surface area contributed by atoms with Crippen molar-refractivity contribution in [2.75, 3.05) is 0 Å². The fraction of sp³-hybridized carbons (Fsp3) is 0. The monoisotopic (exact) mass is 299 g/mol. The molecule has 0 bridgehead atoms. The maximum atomic E-state index is 12.5. The molecule has 46 valence electrons. The Bertz CT molecular complexity index is 215. The summed E-state index contributed by atoms with van der Waals surface area (Å²) in [6.45, 7) is 0. The fourth-order valence-corrected chi connectivity index (χ4v) is 1.09. The first kappa shape index (κ1) is 7.38. The highest BCUT2D eigenvalue weighted by atomic mass is 127. The number of hydrogen-bond acceptors (Lipinski definition) is 0. The van der Waals surface area contributed by atoms with Crippen LogP contribution in [-0.4, -0.2) is 0 Å². The van der Waals surface area contributed by atoms with Gasteiger partial charge in [0, 0.05) is 0 Å². The Morgan fingerprint density at radius 3 is 2.78 bits per heavy atom. The summed E-state index contributed by atoms with van der Waals surface area (Å²) in [4.78, 5) is 0. The Hall–Kier alpha value is 0.270. The summed E-state index contributed by atoms with van der Waals surface area (Å²) in [6.07, 6.45) is 5.73. The molecular weight excluding hydrogens is 298 g/mol. The van der Waals surface area contributed by atoms with Crippen LogP contribution in [0.1, 0.15) is 0 Å². The molecule has 0 saturated carbocycles. The molecule has 0 unspecified atom stereocenters. The Labute approximate surface area is 74.8 Å². The Morgan fingerprint density at radius 1 is 1.67 bits per heavy atom. The zero-order valence-electron chi connectivity index (χ0n) is 4.29. The van der Waals surface area contributed by atoms with Gasteiger partial charge in [0.25, 0.3) is 0 Å². The first-order valence-corrected chi connectivity index (χ1v) is 4.10. The van der Waals surface area contributed by atoms with Crippen LogP contribution in [0.25, 0.3) is 0 Å². The molecule has 0 aromatic rings. The lowest BCUT2D eigenvalue weighted by molar-refractivity contribution is 0.665. The maximum Gasteiger partial charge on any atom is 0.246 e. The van der Waals surface area contributed by atoms with Crippen molar-refractivity contribution >= 4 is 38.5 Å². The third-order valence-electron chi connectivity index (χ3n) is 0.842. The largest absolute Gasteiger partial charge is 0.246 e. The molecule has 0 atom stereocenters. The van der Waals surface area contributed by atoms with Crippen LogP contribution in [0.5, 0.6) is 0 Å². The summed E-state index contributed by atoms with van der Waals surface area (Å²) in [7, 11) is 0. The van der Waals surface area contributed by atoms with Crippen LogP contribution in [-0.2, 0) is 0 Å². The van der Waals surface area contributed by atoms with E-state index in [0.717, 1.165) is 0 Å². The van der Waals surface area contributed by atoms with E-state index in [2.05, 4.69) is 22.0 Å². The molecule has 0 N–H and O–H groups in total. The minimum absolute atomic E-state index is 0.207. The van der Waals surface area contributed by atoms with Crippen LogP contribution in [0.3, 0.4) is 0 Å². The molecule has 1 aliphatic rings. The molecule has 0 saturated heterocycles. The van der Waals surface area contributed by atoms with E-state index in [1.54, 1.807) is 6.08 Å². The van der Waals surface area contributed by atoms with Gasteiger partial charge in [-0.1, -0.05) is 0 Å². The van der Waals surface area contributed by atoms with E-state index in [1.165, 1.54) is 6.08 Å². The molecule has 0 aliphatic heterocycles. The molecule has 0 fully saturated rings. The van der Waals surface area contributed by atoms with Gasteiger partial charge in [0.2, 0.25) is 5.83 Å². The quantitative estimate of drug-likeness (QED) is 0.476. The molecule has 0 amide bonds. The van der Waals surface area contributed by atoms with E-state index in [-0.39, 0.29) is 5.83 Å². The zero-order valence-corrected chi connectivity index (χ0v) is 8.03. The predicted molar refractivity (Wildman–Crippen MR) is 47.0 cm³/mol. The van der Waals surface area contributed by atoms with Crippen molar-refractivity contribution in [3.8, 4) is 0 Å².